The molecule has 2 N–H and O–H groups in total. The van der Waals surface area contributed by atoms with Crippen LogP contribution in [0.15, 0.2) is 48.6 Å². The van der Waals surface area contributed by atoms with Crippen LogP contribution >= 0.6 is 0 Å². The number of primary amides is 1. The highest BCUT2D eigenvalue weighted by molar-refractivity contribution is 5.73. The number of allylic oxidation sites excluding steroid dienone is 8. The van der Waals surface area contributed by atoms with Crippen molar-refractivity contribution in [3.05, 3.63) is 48.6 Å². The van der Waals surface area contributed by atoms with E-state index in [1.54, 1.807) is 0 Å². The van der Waals surface area contributed by atoms with Gasteiger partial charge in [0, 0.05) is 39.3 Å². The molecule has 278 valence electrons. The number of amides is 1. The van der Waals surface area contributed by atoms with Gasteiger partial charge in [0.05, 0.1) is 12.2 Å². The summed E-state index contributed by atoms with van der Waals surface area (Å²) in [4.78, 5) is 13.6. The van der Waals surface area contributed by atoms with Crippen LogP contribution in [-0.2, 0) is 14.3 Å². The second kappa shape index (κ2) is 35.1. The lowest BCUT2D eigenvalue weighted by Crippen LogP contribution is -2.30. The Bertz CT molecular complexity index is 763. The van der Waals surface area contributed by atoms with Gasteiger partial charge < -0.3 is 15.2 Å². The Balaban J connectivity index is 2.08. The molecule has 5 nitrogen and oxygen atoms in total. The Morgan fingerprint density at radius 3 is 1.27 bits per heavy atom. The Hall–Kier alpha value is -1.69. The number of hydrogen-bond acceptors (Lipinski definition) is 4. The van der Waals surface area contributed by atoms with Crippen molar-refractivity contribution in [3.63, 3.8) is 0 Å². The minimum Gasteiger partial charge on any atom is -0.374 e. The molecule has 1 heterocycles. The monoisotopic (exact) mass is 671 g/mol. The predicted molar refractivity (Wildman–Crippen MR) is 208 cm³/mol. The molecular formula is C43H78N2O3. The van der Waals surface area contributed by atoms with E-state index in [0.29, 0.717) is 13.0 Å². The van der Waals surface area contributed by atoms with E-state index in [9.17, 15) is 4.79 Å². The van der Waals surface area contributed by atoms with E-state index in [4.69, 9.17) is 15.2 Å². The van der Waals surface area contributed by atoms with E-state index in [2.05, 4.69) is 67.4 Å². The van der Waals surface area contributed by atoms with Gasteiger partial charge in [0.15, 0.2) is 0 Å². The quantitative estimate of drug-likeness (QED) is 0.0538. The molecule has 0 aromatic carbocycles. The van der Waals surface area contributed by atoms with Gasteiger partial charge in [0.1, 0.15) is 0 Å². The molecule has 1 amide bonds. The topological polar surface area (TPSA) is 64.8 Å². The Labute approximate surface area is 298 Å². The second-order valence-corrected chi connectivity index (χ2v) is 14.0. The van der Waals surface area contributed by atoms with Crippen molar-refractivity contribution in [1.82, 2.24) is 4.90 Å². The van der Waals surface area contributed by atoms with Gasteiger partial charge in [-0.1, -0.05) is 140 Å². The molecule has 1 unspecified atom stereocenters. The molecule has 0 saturated carbocycles. The van der Waals surface area contributed by atoms with Crippen molar-refractivity contribution >= 4 is 5.91 Å². The number of rotatable bonds is 35. The van der Waals surface area contributed by atoms with E-state index >= 15 is 0 Å². The van der Waals surface area contributed by atoms with Crippen LogP contribution in [0.4, 0.5) is 0 Å². The summed E-state index contributed by atoms with van der Waals surface area (Å²) in [7, 11) is 0. The van der Waals surface area contributed by atoms with Crippen LogP contribution in [0.5, 0.6) is 0 Å². The van der Waals surface area contributed by atoms with E-state index in [-0.39, 0.29) is 18.1 Å². The van der Waals surface area contributed by atoms with E-state index in [1.807, 2.05) is 0 Å². The zero-order valence-corrected chi connectivity index (χ0v) is 31.7. The minimum atomic E-state index is -0.237. The molecule has 1 saturated heterocycles. The lowest BCUT2D eigenvalue weighted by Gasteiger charge is -2.20. The van der Waals surface area contributed by atoms with Gasteiger partial charge in [-0.15, -0.1) is 0 Å². The van der Waals surface area contributed by atoms with E-state index in [0.717, 1.165) is 52.0 Å². The number of ether oxygens (including phenoxy) is 2. The van der Waals surface area contributed by atoms with Gasteiger partial charge in [-0.3, -0.25) is 9.69 Å². The van der Waals surface area contributed by atoms with Gasteiger partial charge in [-0.05, 0) is 77.0 Å². The van der Waals surface area contributed by atoms with Crippen molar-refractivity contribution < 1.29 is 14.3 Å². The molecule has 0 bridgehead atoms. The normalized spacial score (nSPS) is 17.4. The molecular weight excluding hydrogens is 592 g/mol. The highest BCUT2D eigenvalue weighted by Crippen LogP contribution is 2.19. The average Bonchev–Trinajstić information content (AvgIpc) is 3.48. The third-order valence-corrected chi connectivity index (χ3v) is 9.32. The predicted octanol–water partition coefficient (Wildman–Crippen LogP) is 11.6. The first-order valence-corrected chi connectivity index (χ1v) is 20.5. The standard InChI is InChI=1S/C43H78N2O3/c1-3-5-7-9-11-13-15-17-19-21-23-25-27-29-31-33-37-47-41-39-45(36-35-43(44)46)40-42(41)48-38-34-32-30-28-26-24-22-20-18-16-14-12-10-8-6-4-2/h11-14,17-20,41-42H,3-10,15-16,21-40H2,1-2H3,(H2,44,46)/t41-,42?/m1/s1. The lowest BCUT2D eigenvalue weighted by atomic mass is 10.1. The first kappa shape index (κ1) is 44.3. The summed E-state index contributed by atoms with van der Waals surface area (Å²) in [5.74, 6) is -0.237. The fourth-order valence-electron chi connectivity index (χ4n) is 6.24. The third-order valence-electron chi connectivity index (χ3n) is 9.32. The maximum Gasteiger partial charge on any atom is 0.218 e. The first-order valence-electron chi connectivity index (χ1n) is 20.5. The number of carbonyl (C=O) groups is 1. The van der Waals surface area contributed by atoms with Gasteiger partial charge in [-0.25, -0.2) is 0 Å². The molecule has 48 heavy (non-hydrogen) atoms. The van der Waals surface area contributed by atoms with E-state index < -0.39 is 0 Å². The zero-order valence-electron chi connectivity index (χ0n) is 31.7. The van der Waals surface area contributed by atoms with Crippen LogP contribution < -0.4 is 5.73 Å². The molecule has 2 atom stereocenters. The Morgan fingerprint density at radius 1 is 0.542 bits per heavy atom. The summed E-state index contributed by atoms with van der Waals surface area (Å²) in [6.07, 6.45) is 49.3. The van der Waals surface area contributed by atoms with Gasteiger partial charge in [-0.2, -0.15) is 0 Å². The molecule has 1 aliphatic heterocycles. The first-order chi connectivity index (χ1) is 23.7. The second-order valence-electron chi connectivity index (χ2n) is 14.0. The van der Waals surface area contributed by atoms with Crippen LogP contribution in [-0.4, -0.2) is 55.9 Å². The molecule has 0 aliphatic carbocycles. The molecule has 1 fully saturated rings. The number of carbonyl (C=O) groups excluding carboxylic acids is 1. The van der Waals surface area contributed by atoms with Crippen molar-refractivity contribution in [2.45, 2.75) is 187 Å². The number of hydrogen-bond donors (Lipinski definition) is 1. The van der Waals surface area contributed by atoms with Crippen molar-refractivity contribution in [3.8, 4) is 0 Å². The van der Waals surface area contributed by atoms with Crippen LogP contribution in [0.2, 0.25) is 0 Å². The highest BCUT2D eigenvalue weighted by atomic mass is 16.5. The summed E-state index contributed by atoms with van der Waals surface area (Å²) in [5, 5.41) is 0. The smallest absolute Gasteiger partial charge is 0.218 e. The van der Waals surface area contributed by atoms with E-state index in [1.165, 1.54) is 128 Å². The highest BCUT2D eigenvalue weighted by Gasteiger charge is 2.34. The summed E-state index contributed by atoms with van der Waals surface area (Å²) in [5.41, 5.74) is 5.41. The maximum absolute atomic E-state index is 11.3. The summed E-state index contributed by atoms with van der Waals surface area (Å²) < 4.78 is 12.7. The molecule has 0 spiro atoms. The fraction of sp³-hybridized carbons (Fsp3) is 0.791. The number of unbranched alkanes of at least 4 members (excludes halogenated alkanes) is 18. The molecule has 0 aromatic heterocycles. The summed E-state index contributed by atoms with van der Waals surface area (Å²) in [6.45, 7) is 8.49. The Morgan fingerprint density at radius 2 is 0.896 bits per heavy atom. The van der Waals surface area contributed by atoms with Gasteiger partial charge in [0.25, 0.3) is 0 Å². The molecule has 1 rings (SSSR count). The van der Waals surface area contributed by atoms with Crippen molar-refractivity contribution in [2.24, 2.45) is 5.73 Å². The van der Waals surface area contributed by atoms with Gasteiger partial charge in [0.2, 0.25) is 5.91 Å². The lowest BCUT2D eigenvalue weighted by molar-refractivity contribution is -0.118. The minimum absolute atomic E-state index is 0.0976. The third kappa shape index (κ3) is 29.2. The number of likely N-dealkylation sites (tertiary alicyclic amines) is 1. The van der Waals surface area contributed by atoms with Crippen LogP contribution in [0.3, 0.4) is 0 Å². The van der Waals surface area contributed by atoms with Crippen LogP contribution in [0, 0.1) is 0 Å². The fourth-order valence-corrected chi connectivity index (χ4v) is 6.24. The Kier molecular flexibility index (Phi) is 32.5. The molecule has 1 aliphatic rings. The number of nitrogens with two attached hydrogens (primary N) is 1. The summed E-state index contributed by atoms with van der Waals surface area (Å²) >= 11 is 0. The van der Waals surface area contributed by atoms with Gasteiger partial charge >= 0.3 is 0 Å². The average molecular weight is 671 g/mol. The zero-order chi connectivity index (χ0) is 34.6. The van der Waals surface area contributed by atoms with Crippen molar-refractivity contribution in [1.29, 1.82) is 0 Å². The molecule has 0 aromatic rings. The summed E-state index contributed by atoms with van der Waals surface area (Å²) in [6, 6.07) is 0. The molecule has 5 heteroatoms. The van der Waals surface area contributed by atoms with Crippen LogP contribution in [0.25, 0.3) is 0 Å². The SMILES string of the molecule is CCCCCC=CCC=CCCCCCCCCOC1CN(CCC(N)=O)C[C@H]1OCCCCCCCCC=CCC=CCCCCC. The maximum atomic E-state index is 11.3. The van der Waals surface area contributed by atoms with Crippen molar-refractivity contribution in [2.75, 3.05) is 32.8 Å². The molecule has 0 radical (unpaired) electrons. The largest absolute Gasteiger partial charge is 0.374 e. The van der Waals surface area contributed by atoms with Crippen LogP contribution in [0.1, 0.15) is 174 Å². The number of nitrogens with zero attached hydrogens (tertiary/aromatic N) is 1.